The highest BCUT2D eigenvalue weighted by atomic mass is 32.1. The second kappa shape index (κ2) is 12.1. The maximum atomic E-state index is 13.4. The highest BCUT2D eigenvalue weighted by Gasteiger charge is 2.49. The fourth-order valence-corrected chi connectivity index (χ4v) is 6.65. The van der Waals surface area contributed by atoms with Crippen LogP contribution in [0.3, 0.4) is 0 Å². The van der Waals surface area contributed by atoms with Crippen LogP contribution in [0.25, 0.3) is 0 Å². The summed E-state index contributed by atoms with van der Waals surface area (Å²) in [7, 11) is 0. The molecule has 5 rings (SSSR count). The van der Waals surface area contributed by atoms with Crippen LogP contribution in [0.2, 0.25) is 0 Å². The van der Waals surface area contributed by atoms with Crippen molar-refractivity contribution >= 4 is 34.9 Å². The zero-order chi connectivity index (χ0) is 29.0. The lowest BCUT2D eigenvalue weighted by molar-refractivity contribution is -0.137. The Balaban J connectivity index is 1.20. The molecular weight excluding hydrogens is 538 g/mol. The number of amidine groups is 1. The number of carbonyl (C=O) groups is 3. The predicted molar refractivity (Wildman–Crippen MR) is 158 cm³/mol. The number of carbonyl (C=O) groups excluding carboxylic acids is 3. The number of nitrogens with two attached hydrogens (primary N) is 1. The maximum Gasteiger partial charge on any atom is 0.251 e. The Labute approximate surface area is 243 Å². The molecule has 0 radical (unpaired) electrons. The number of rotatable bonds is 9. The Hall–Kier alpha value is -4.18. The molecule has 41 heavy (non-hydrogen) atoms. The lowest BCUT2D eigenvalue weighted by Gasteiger charge is -2.25. The van der Waals surface area contributed by atoms with E-state index in [1.807, 2.05) is 37.3 Å². The molecule has 0 bridgehead atoms. The van der Waals surface area contributed by atoms with Crippen molar-refractivity contribution in [1.29, 1.82) is 5.41 Å². The van der Waals surface area contributed by atoms with Crippen LogP contribution in [0.1, 0.15) is 58.5 Å². The van der Waals surface area contributed by atoms with Gasteiger partial charge in [-0.3, -0.25) is 19.8 Å². The summed E-state index contributed by atoms with van der Waals surface area (Å²) in [5.74, 6) is 0.523. The largest absolute Gasteiger partial charge is 0.457 e. The monoisotopic (exact) mass is 573 g/mol. The summed E-state index contributed by atoms with van der Waals surface area (Å²) >= 11 is 1.43. The molecule has 1 atom stereocenters. The van der Waals surface area contributed by atoms with Gasteiger partial charge in [0, 0.05) is 27.9 Å². The molecule has 3 amide bonds. The minimum Gasteiger partial charge on any atom is -0.457 e. The number of nitrogen functional groups attached to an aromatic ring is 1. The van der Waals surface area contributed by atoms with Crippen molar-refractivity contribution < 1.29 is 19.1 Å². The molecule has 1 spiro atoms. The molecule has 2 fully saturated rings. The van der Waals surface area contributed by atoms with E-state index in [2.05, 4.69) is 10.6 Å². The fraction of sp³-hybridized carbons (Fsp3) is 0.355. The van der Waals surface area contributed by atoms with Crippen LogP contribution in [-0.2, 0) is 16.1 Å². The van der Waals surface area contributed by atoms with Crippen LogP contribution in [0.5, 0.6) is 11.5 Å². The number of thiophene rings is 1. The Morgan fingerprint density at radius 2 is 1.83 bits per heavy atom. The second-order valence-corrected chi connectivity index (χ2v) is 12.0. The van der Waals surface area contributed by atoms with Gasteiger partial charge in [-0.2, -0.15) is 0 Å². The molecule has 0 unspecified atom stereocenters. The molecule has 2 aliphatic rings. The van der Waals surface area contributed by atoms with Crippen LogP contribution in [0.15, 0.2) is 60.0 Å². The van der Waals surface area contributed by atoms with Crippen LogP contribution >= 0.6 is 11.3 Å². The summed E-state index contributed by atoms with van der Waals surface area (Å²) in [6.07, 6.45) is 4.82. The van der Waals surface area contributed by atoms with Crippen LogP contribution < -0.4 is 21.1 Å². The summed E-state index contributed by atoms with van der Waals surface area (Å²) in [5.41, 5.74) is 7.37. The molecule has 10 heteroatoms. The van der Waals surface area contributed by atoms with Crippen LogP contribution in [-0.4, -0.2) is 47.6 Å². The van der Waals surface area contributed by atoms with Gasteiger partial charge >= 0.3 is 0 Å². The number of amides is 3. The average Bonchev–Trinajstić information content (AvgIpc) is 3.72. The Bertz CT molecular complexity index is 1450. The number of nitrogens with zero attached hydrogens (tertiary/aromatic N) is 1. The number of nitrogens with one attached hydrogen (secondary N) is 3. The number of aryl methyl sites for hydroxylation is 1. The van der Waals surface area contributed by atoms with Crippen molar-refractivity contribution in [3.8, 4) is 11.5 Å². The van der Waals surface area contributed by atoms with E-state index in [4.69, 9.17) is 15.9 Å². The number of ether oxygens (including phenoxy) is 1. The summed E-state index contributed by atoms with van der Waals surface area (Å²) in [6, 6.07) is 15.8. The molecule has 1 aliphatic heterocycles. The van der Waals surface area contributed by atoms with Gasteiger partial charge < -0.3 is 26.0 Å². The predicted octanol–water partition coefficient (Wildman–Crippen LogP) is 4.34. The van der Waals surface area contributed by atoms with E-state index in [1.54, 1.807) is 34.5 Å². The van der Waals surface area contributed by atoms with Crippen molar-refractivity contribution in [3.63, 3.8) is 0 Å². The summed E-state index contributed by atoms with van der Waals surface area (Å²) in [4.78, 5) is 42.2. The molecule has 9 nitrogen and oxygen atoms in total. The van der Waals surface area contributed by atoms with Crippen LogP contribution in [0.4, 0.5) is 0 Å². The SMILES string of the molecule is Cc1cc(C(=O)NCC(=O)N2CC3(CCCC3)C[C@H]2C(=O)NCc2cc(C(=N)N)cs2)ccc1Oc1ccccc1. The first-order valence-electron chi connectivity index (χ1n) is 13.8. The molecule has 1 aromatic heterocycles. The Morgan fingerprint density at radius 3 is 2.51 bits per heavy atom. The third-order valence-corrected chi connectivity index (χ3v) is 8.94. The van der Waals surface area contributed by atoms with E-state index in [9.17, 15) is 14.4 Å². The van der Waals surface area contributed by atoms with E-state index in [0.29, 0.717) is 42.1 Å². The molecule has 214 valence electrons. The van der Waals surface area contributed by atoms with Gasteiger partial charge in [-0.05, 0) is 73.6 Å². The summed E-state index contributed by atoms with van der Waals surface area (Å²) in [6.45, 7) is 2.51. The van der Waals surface area contributed by atoms with Gasteiger partial charge in [-0.15, -0.1) is 11.3 Å². The lowest BCUT2D eigenvalue weighted by Crippen LogP contribution is -2.48. The standard InChI is InChI=1S/C31H35N5O4S/c1-20-13-21(9-10-26(20)40-23-7-3-2-4-8-23)29(38)35-17-27(37)36-19-31(11-5-6-12-31)15-25(36)30(39)34-16-24-14-22(18-41-24)28(32)33/h2-4,7-10,13-14,18,25H,5-6,11-12,15-17,19H2,1H3,(H3,32,33)(H,34,39)(H,35,38)/t25-/m0/s1. The third-order valence-electron chi connectivity index (χ3n) is 8.01. The topological polar surface area (TPSA) is 138 Å². The number of likely N-dealkylation sites (tertiary alicyclic amines) is 1. The molecule has 1 aliphatic carbocycles. The first-order valence-corrected chi connectivity index (χ1v) is 14.7. The molecule has 5 N–H and O–H groups in total. The highest BCUT2D eigenvalue weighted by molar-refractivity contribution is 7.10. The highest BCUT2D eigenvalue weighted by Crippen LogP contribution is 2.47. The second-order valence-electron chi connectivity index (χ2n) is 11.0. The molecule has 2 aromatic carbocycles. The average molecular weight is 574 g/mol. The molecule has 1 saturated heterocycles. The lowest BCUT2D eigenvalue weighted by atomic mass is 9.84. The van der Waals surface area contributed by atoms with Crippen LogP contribution in [0, 0.1) is 17.7 Å². The van der Waals surface area contributed by atoms with E-state index in [-0.39, 0.29) is 35.5 Å². The zero-order valence-electron chi connectivity index (χ0n) is 23.1. The van der Waals surface area contributed by atoms with E-state index in [0.717, 1.165) is 36.1 Å². The third kappa shape index (κ3) is 6.59. The molecular formula is C31H35N5O4S. The van der Waals surface area contributed by atoms with Crippen molar-refractivity contribution in [2.75, 3.05) is 13.1 Å². The fourth-order valence-electron chi connectivity index (χ4n) is 5.83. The summed E-state index contributed by atoms with van der Waals surface area (Å²) < 4.78 is 5.90. The van der Waals surface area contributed by atoms with E-state index in [1.165, 1.54) is 11.3 Å². The van der Waals surface area contributed by atoms with Gasteiger partial charge in [-0.25, -0.2) is 0 Å². The minimum atomic E-state index is -0.582. The Morgan fingerprint density at radius 1 is 1.07 bits per heavy atom. The van der Waals surface area contributed by atoms with Gasteiger partial charge in [0.15, 0.2) is 0 Å². The molecule has 2 heterocycles. The van der Waals surface area contributed by atoms with Gasteiger partial charge in [-0.1, -0.05) is 31.0 Å². The number of hydrogen-bond acceptors (Lipinski definition) is 6. The molecule has 1 saturated carbocycles. The first-order chi connectivity index (χ1) is 19.7. The zero-order valence-corrected chi connectivity index (χ0v) is 23.9. The normalized spacial score (nSPS) is 17.4. The van der Waals surface area contributed by atoms with E-state index < -0.39 is 6.04 Å². The molecule has 3 aromatic rings. The van der Waals surface area contributed by atoms with Gasteiger partial charge in [0.1, 0.15) is 23.4 Å². The number of para-hydroxylation sites is 1. The van der Waals surface area contributed by atoms with E-state index >= 15 is 0 Å². The van der Waals surface area contributed by atoms with Crippen molar-refractivity contribution in [3.05, 3.63) is 81.5 Å². The Kier molecular flexibility index (Phi) is 8.39. The number of hydrogen-bond donors (Lipinski definition) is 4. The minimum absolute atomic E-state index is 0.0109. The quantitative estimate of drug-likeness (QED) is 0.223. The van der Waals surface area contributed by atoms with Gasteiger partial charge in [0.05, 0.1) is 13.1 Å². The van der Waals surface area contributed by atoms with Crippen molar-refractivity contribution in [2.45, 2.75) is 51.6 Å². The van der Waals surface area contributed by atoms with Gasteiger partial charge in [0.25, 0.3) is 5.91 Å². The smallest absolute Gasteiger partial charge is 0.251 e. The summed E-state index contributed by atoms with van der Waals surface area (Å²) in [5, 5.41) is 15.1. The number of benzene rings is 2. The van der Waals surface area contributed by atoms with Crippen molar-refractivity contribution in [2.24, 2.45) is 11.1 Å². The maximum absolute atomic E-state index is 13.4. The van der Waals surface area contributed by atoms with Crippen molar-refractivity contribution in [1.82, 2.24) is 15.5 Å². The van der Waals surface area contributed by atoms with Gasteiger partial charge in [0.2, 0.25) is 11.8 Å². The first kappa shape index (κ1) is 28.4.